The second-order valence-corrected chi connectivity index (χ2v) is 7.18. The number of nitrogens with one attached hydrogen (secondary N) is 1. The summed E-state index contributed by atoms with van der Waals surface area (Å²) in [5.41, 5.74) is 0.156. The summed E-state index contributed by atoms with van der Waals surface area (Å²) >= 11 is 0. The molecule has 4 unspecified atom stereocenters. The summed E-state index contributed by atoms with van der Waals surface area (Å²) in [5.74, 6) is 1.39. The van der Waals surface area contributed by atoms with Crippen molar-refractivity contribution >= 4 is 11.7 Å². The maximum atomic E-state index is 13.2. The summed E-state index contributed by atoms with van der Waals surface area (Å²) < 4.78 is 18.7. The molecule has 2 saturated carbocycles. The number of halogens is 1. The van der Waals surface area contributed by atoms with Crippen molar-refractivity contribution in [1.29, 1.82) is 0 Å². The molecular formula is C19H24FNO3. The van der Waals surface area contributed by atoms with Gasteiger partial charge >= 0.3 is 0 Å². The maximum Gasteiger partial charge on any atom is 0.258 e. The van der Waals surface area contributed by atoms with Crippen molar-refractivity contribution in [1.82, 2.24) is 5.32 Å². The third-order valence-electron chi connectivity index (χ3n) is 5.50. The zero-order valence-corrected chi connectivity index (χ0v) is 14.2. The molecule has 0 spiro atoms. The predicted molar refractivity (Wildman–Crippen MR) is 88.4 cm³/mol. The van der Waals surface area contributed by atoms with Crippen molar-refractivity contribution < 1.29 is 18.7 Å². The monoisotopic (exact) mass is 333 g/mol. The first-order valence-corrected chi connectivity index (χ1v) is 8.66. The Morgan fingerprint density at radius 1 is 1.33 bits per heavy atom. The molecule has 0 heterocycles. The lowest BCUT2D eigenvalue weighted by Crippen LogP contribution is -2.42. The molecule has 5 heteroatoms. The van der Waals surface area contributed by atoms with E-state index in [1.54, 1.807) is 0 Å². The predicted octanol–water partition coefficient (Wildman–Crippen LogP) is 3.35. The van der Waals surface area contributed by atoms with Gasteiger partial charge in [-0.25, -0.2) is 4.39 Å². The molecule has 1 aromatic rings. The van der Waals surface area contributed by atoms with Crippen LogP contribution in [0.5, 0.6) is 5.75 Å². The first-order valence-electron chi connectivity index (χ1n) is 8.66. The summed E-state index contributed by atoms with van der Waals surface area (Å²) in [6, 6.07) is 3.88. The minimum absolute atomic E-state index is 0.136. The number of amides is 1. The molecule has 0 aromatic heterocycles. The number of hydrogen-bond donors (Lipinski definition) is 1. The maximum absolute atomic E-state index is 13.2. The van der Waals surface area contributed by atoms with Gasteiger partial charge in [0.25, 0.3) is 5.91 Å². The summed E-state index contributed by atoms with van der Waals surface area (Å²) in [5, 5.41) is 3.01. The van der Waals surface area contributed by atoms with Gasteiger partial charge in [0.15, 0.2) is 12.4 Å². The summed E-state index contributed by atoms with van der Waals surface area (Å²) in [6.07, 6.45) is 5.13. The second kappa shape index (κ2) is 6.91. The van der Waals surface area contributed by atoms with E-state index in [-0.39, 0.29) is 35.7 Å². The minimum Gasteiger partial charge on any atom is -0.483 e. The Balaban J connectivity index is 1.53. The fourth-order valence-corrected chi connectivity index (χ4v) is 4.36. The Morgan fingerprint density at radius 3 is 2.75 bits per heavy atom. The lowest BCUT2D eigenvalue weighted by molar-refractivity contribution is -0.124. The van der Waals surface area contributed by atoms with E-state index >= 15 is 0 Å². The van der Waals surface area contributed by atoms with E-state index in [0.29, 0.717) is 5.92 Å². The van der Waals surface area contributed by atoms with E-state index in [1.807, 2.05) is 0 Å². The van der Waals surface area contributed by atoms with Crippen LogP contribution in [0.3, 0.4) is 0 Å². The molecule has 1 aromatic carbocycles. The average molecular weight is 333 g/mol. The Hall–Kier alpha value is -1.91. The zero-order chi connectivity index (χ0) is 17.3. The van der Waals surface area contributed by atoms with Crippen LogP contribution in [-0.4, -0.2) is 24.3 Å². The molecule has 24 heavy (non-hydrogen) atoms. The number of benzene rings is 1. The van der Waals surface area contributed by atoms with Gasteiger partial charge in [-0.3, -0.25) is 9.59 Å². The van der Waals surface area contributed by atoms with Crippen LogP contribution in [0.15, 0.2) is 18.2 Å². The number of carbonyl (C=O) groups is 2. The van der Waals surface area contributed by atoms with Crippen molar-refractivity contribution in [2.24, 2.45) is 17.8 Å². The second-order valence-electron chi connectivity index (χ2n) is 7.18. The molecule has 1 amide bonds. The molecule has 1 N–H and O–H groups in total. The third kappa shape index (κ3) is 3.60. The first-order chi connectivity index (χ1) is 11.4. The van der Waals surface area contributed by atoms with Gasteiger partial charge in [-0.05, 0) is 69.1 Å². The lowest BCUT2D eigenvalue weighted by Gasteiger charge is -2.28. The van der Waals surface area contributed by atoms with Gasteiger partial charge in [0.1, 0.15) is 11.6 Å². The van der Waals surface area contributed by atoms with Gasteiger partial charge < -0.3 is 10.1 Å². The van der Waals surface area contributed by atoms with E-state index < -0.39 is 5.82 Å². The summed E-state index contributed by atoms with van der Waals surface area (Å²) in [4.78, 5) is 23.7. The molecule has 2 fully saturated rings. The standard InChI is InChI=1S/C19H24FNO3/c1-11(16-8-13-3-4-14(16)7-13)21-19(23)10-24-18-6-5-15(20)9-17(18)12(2)22/h5-6,9,11,13-14,16H,3-4,7-8,10H2,1-2H3,(H,21,23). The van der Waals surface area contributed by atoms with Crippen LogP contribution in [0.25, 0.3) is 0 Å². The molecule has 2 aliphatic rings. The lowest BCUT2D eigenvalue weighted by atomic mass is 9.84. The number of fused-ring (bicyclic) bond motifs is 2. The number of carbonyl (C=O) groups excluding carboxylic acids is 2. The van der Waals surface area contributed by atoms with Crippen LogP contribution in [0.2, 0.25) is 0 Å². The molecular weight excluding hydrogens is 309 g/mol. The van der Waals surface area contributed by atoms with Crippen molar-refractivity contribution in [3.8, 4) is 5.75 Å². The summed E-state index contributed by atoms with van der Waals surface area (Å²) in [6.45, 7) is 3.23. The number of rotatable bonds is 6. The molecule has 130 valence electrons. The SMILES string of the molecule is CC(=O)c1cc(F)ccc1OCC(=O)NC(C)C1CC2CCC1C2. The van der Waals surface area contributed by atoms with E-state index in [9.17, 15) is 14.0 Å². The van der Waals surface area contributed by atoms with Gasteiger partial charge in [0.2, 0.25) is 0 Å². The van der Waals surface area contributed by atoms with E-state index in [2.05, 4.69) is 12.2 Å². The van der Waals surface area contributed by atoms with Gasteiger partial charge in [0, 0.05) is 6.04 Å². The molecule has 0 aliphatic heterocycles. The zero-order valence-electron chi connectivity index (χ0n) is 14.2. The van der Waals surface area contributed by atoms with E-state index in [0.717, 1.165) is 17.9 Å². The third-order valence-corrected chi connectivity index (χ3v) is 5.50. The quantitative estimate of drug-likeness (QED) is 0.812. The Morgan fingerprint density at radius 2 is 2.12 bits per heavy atom. The van der Waals surface area contributed by atoms with Gasteiger partial charge in [0.05, 0.1) is 5.56 Å². The van der Waals surface area contributed by atoms with Crippen LogP contribution in [-0.2, 0) is 4.79 Å². The Labute approximate surface area is 141 Å². The minimum atomic E-state index is -0.498. The normalized spacial score (nSPS) is 26.2. The molecule has 3 rings (SSSR count). The Kier molecular flexibility index (Phi) is 4.88. The number of ketones is 1. The summed E-state index contributed by atoms with van der Waals surface area (Å²) in [7, 11) is 0. The largest absolute Gasteiger partial charge is 0.483 e. The first kappa shape index (κ1) is 16.9. The molecule has 2 aliphatic carbocycles. The highest BCUT2D eigenvalue weighted by atomic mass is 19.1. The van der Waals surface area contributed by atoms with Gasteiger partial charge in [-0.15, -0.1) is 0 Å². The van der Waals surface area contributed by atoms with Crippen LogP contribution < -0.4 is 10.1 Å². The molecule has 0 saturated heterocycles. The molecule has 4 atom stereocenters. The molecule has 0 radical (unpaired) electrons. The smallest absolute Gasteiger partial charge is 0.258 e. The van der Waals surface area contributed by atoms with E-state index in [4.69, 9.17) is 4.74 Å². The average Bonchev–Trinajstić information content (AvgIpc) is 3.16. The van der Waals surface area contributed by atoms with Crippen LogP contribution in [0.1, 0.15) is 49.9 Å². The number of ether oxygens (including phenoxy) is 1. The van der Waals surface area contributed by atoms with Gasteiger partial charge in [-0.2, -0.15) is 0 Å². The highest BCUT2D eigenvalue weighted by Crippen LogP contribution is 2.49. The Bertz CT molecular complexity index is 645. The highest BCUT2D eigenvalue weighted by molar-refractivity contribution is 5.96. The molecule has 2 bridgehead atoms. The van der Waals surface area contributed by atoms with Crippen molar-refractivity contribution in [2.75, 3.05) is 6.61 Å². The highest BCUT2D eigenvalue weighted by Gasteiger charge is 2.42. The van der Waals surface area contributed by atoms with Crippen molar-refractivity contribution in [3.05, 3.63) is 29.6 Å². The van der Waals surface area contributed by atoms with Crippen LogP contribution in [0.4, 0.5) is 4.39 Å². The van der Waals surface area contributed by atoms with E-state index in [1.165, 1.54) is 44.7 Å². The van der Waals surface area contributed by atoms with Crippen molar-refractivity contribution in [3.63, 3.8) is 0 Å². The van der Waals surface area contributed by atoms with Crippen molar-refractivity contribution in [2.45, 2.75) is 45.6 Å². The molecule has 4 nitrogen and oxygen atoms in total. The van der Waals surface area contributed by atoms with Gasteiger partial charge in [-0.1, -0.05) is 6.42 Å². The van der Waals surface area contributed by atoms with Crippen LogP contribution >= 0.6 is 0 Å². The fraction of sp³-hybridized carbons (Fsp3) is 0.579. The fourth-order valence-electron chi connectivity index (χ4n) is 4.36. The number of Topliss-reactive ketones (excluding diaryl/α,β-unsaturated/α-hetero) is 1. The number of hydrogen-bond acceptors (Lipinski definition) is 3. The van der Waals surface area contributed by atoms with Crippen LogP contribution in [0, 0.1) is 23.6 Å². The topological polar surface area (TPSA) is 55.4 Å².